The molecule has 5 aromatic rings. The number of H-pyrrole nitrogens is 1. The largest absolute Gasteiger partial charge is 0.489 e. The normalized spacial score (nSPS) is 14.3. The molecule has 0 saturated heterocycles. The maximum absolute atomic E-state index is 13.2. The van der Waals surface area contributed by atoms with E-state index in [4.69, 9.17) is 19.8 Å². The summed E-state index contributed by atoms with van der Waals surface area (Å²) in [7, 11) is 0. The van der Waals surface area contributed by atoms with Crippen LogP contribution >= 0.6 is 0 Å². The van der Waals surface area contributed by atoms with Gasteiger partial charge in [0.15, 0.2) is 17.0 Å². The average Bonchev–Trinajstić information content (AvgIpc) is 3.64. The first-order valence-corrected chi connectivity index (χ1v) is 12.3. The lowest BCUT2D eigenvalue weighted by Crippen LogP contribution is -2.22. The van der Waals surface area contributed by atoms with Crippen molar-refractivity contribution in [3.05, 3.63) is 87.7 Å². The Balaban J connectivity index is 1.28. The van der Waals surface area contributed by atoms with Crippen molar-refractivity contribution in [2.24, 2.45) is 0 Å². The highest BCUT2D eigenvalue weighted by Crippen LogP contribution is 2.33. The molecule has 1 N–H and O–H groups in total. The molecule has 8 nitrogen and oxygen atoms in total. The maximum Gasteiger partial charge on any atom is 0.281 e. The third kappa shape index (κ3) is 4.09. The van der Waals surface area contributed by atoms with Gasteiger partial charge >= 0.3 is 0 Å². The van der Waals surface area contributed by atoms with Crippen molar-refractivity contribution >= 4 is 16.9 Å². The second-order valence-corrected chi connectivity index (χ2v) is 9.19. The number of nitrogens with one attached hydrogen (secondary N) is 1. The molecule has 178 valence electrons. The fourth-order valence-electron chi connectivity index (χ4n) is 4.95. The Morgan fingerprint density at radius 3 is 2.51 bits per heavy atom. The lowest BCUT2D eigenvalue weighted by atomic mass is 10.1. The van der Waals surface area contributed by atoms with Crippen LogP contribution in [0.2, 0.25) is 0 Å². The highest BCUT2D eigenvalue weighted by Gasteiger charge is 2.24. The van der Waals surface area contributed by atoms with Crippen LogP contribution in [0.25, 0.3) is 16.9 Å². The van der Waals surface area contributed by atoms with E-state index in [1.807, 2.05) is 61.5 Å². The van der Waals surface area contributed by atoms with E-state index in [0.717, 1.165) is 35.5 Å². The molecule has 6 rings (SSSR count). The smallest absolute Gasteiger partial charge is 0.281 e. The monoisotopic (exact) mass is 468 g/mol. The lowest BCUT2D eigenvalue weighted by Gasteiger charge is -2.07. The van der Waals surface area contributed by atoms with Crippen molar-refractivity contribution in [1.29, 1.82) is 0 Å². The Labute approximate surface area is 202 Å². The van der Waals surface area contributed by atoms with E-state index >= 15 is 0 Å². The quantitative estimate of drug-likeness (QED) is 0.377. The fourth-order valence-corrected chi connectivity index (χ4v) is 4.95. The Bertz CT molecular complexity index is 1530. The standard InChI is InChI=1S/C27H28N6O2/c1-2-32-26(34)23-25(30-24(29-23)20-10-6-7-11-20)33-27(32)28-22(31-33)16-18-12-14-21(15-13-18)35-17-19-8-4-3-5-9-19/h3-5,8-9,12-15,20H,2,6-7,10-11,16-17H2,1H3,(H,29,30). The minimum absolute atomic E-state index is 0.0920. The van der Waals surface area contributed by atoms with E-state index in [9.17, 15) is 4.79 Å². The summed E-state index contributed by atoms with van der Waals surface area (Å²) in [5, 5.41) is 4.76. The number of hydrogen-bond donors (Lipinski definition) is 1. The molecule has 2 aromatic carbocycles. The Morgan fingerprint density at radius 1 is 1.00 bits per heavy atom. The van der Waals surface area contributed by atoms with Crippen LogP contribution in [0.5, 0.6) is 5.75 Å². The zero-order valence-electron chi connectivity index (χ0n) is 19.8. The molecule has 0 atom stereocenters. The molecule has 0 aliphatic heterocycles. The van der Waals surface area contributed by atoms with E-state index in [1.165, 1.54) is 12.8 Å². The number of hydrogen-bond acceptors (Lipinski definition) is 5. The van der Waals surface area contributed by atoms with Gasteiger partial charge in [0.05, 0.1) is 0 Å². The highest BCUT2D eigenvalue weighted by molar-refractivity contribution is 5.72. The van der Waals surface area contributed by atoms with E-state index in [-0.39, 0.29) is 5.56 Å². The Hall–Kier alpha value is -3.94. The summed E-state index contributed by atoms with van der Waals surface area (Å²) in [6, 6.07) is 18.1. The number of nitrogens with zero attached hydrogens (tertiary/aromatic N) is 5. The first-order valence-electron chi connectivity index (χ1n) is 12.3. The molecule has 3 aromatic heterocycles. The number of aromatic nitrogens is 6. The predicted octanol–water partition coefficient (Wildman–Crippen LogP) is 4.61. The number of aryl methyl sites for hydroxylation is 1. The average molecular weight is 469 g/mol. The van der Waals surface area contributed by atoms with Crippen molar-refractivity contribution in [1.82, 2.24) is 29.1 Å². The van der Waals surface area contributed by atoms with Gasteiger partial charge in [-0.15, -0.1) is 5.10 Å². The van der Waals surface area contributed by atoms with Gasteiger partial charge in [-0.3, -0.25) is 9.36 Å². The molecule has 0 amide bonds. The van der Waals surface area contributed by atoms with Gasteiger partial charge in [-0.1, -0.05) is 55.3 Å². The topological polar surface area (TPSA) is 90.1 Å². The summed E-state index contributed by atoms with van der Waals surface area (Å²) in [4.78, 5) is 26.0. The molecule has 8 heteroatoms. The summed E-state index contributed by atoms with van der Waals surface area (Å²) >= 11 is 0. The molecule has 1 fully saturated rings. The van der Waals surface area contributed by atoms with Crippen molar-refractivity contribution in [3.8, 4) is 5.75 Å². The molecule has 1 aliphatic carbocycles. The van der Waals surface area contributed by atoms with Gasteiger partial charge in [-0.05, 0) is 43.0 Å². The number of benzene rings is 2. The van der Waals surface area contributed by atoms with Gasteiger partial charge in [0, 0.05) is 18.9 Å². The van der Waals surface area contributed by atoms with Crippen LogP contribution in [0, 0.1) is 0 Å². The molecular weight excluding hydrogens is 440 g/mol. The van der Waals surface area contributed by atoms with Crippen molar-refractivity contribution in [2.75, 3.05) is 0 Å². The van der Waals surface area contributed by atoms with Crippen LogP contribution in [-0.4, -0.2) is 29.1 Å². The lowest BCUT2D eigenvalue weighted by molar-refractivity contribution is 0.306. The molecule has 0 unspecified atom stereocenters. The predicted molar refractivity (Wildman–Crippen MR) is 134 cm³/mol. The molecular formula is C27H28N6O2. The van der Waals surface area contributed by atoms with Crippen LogP contribution in [0.15, 0.2) is 59.4 Å². The first kappa shape index (κ1) is 21.6. The summed E-state index contributed by atoms with van der Waals surface area (Å²) < 4.78 is 9.28. The van der Waals surface area contributed by atoms with Crippen molar-refractivity contribution in [3.63, 3.8) is 0 Å². The van der Waals surface area contributed by atoms with Gasteiger partial charge in [0.25, 0.3) is 5.56 Å². The SMILES string of the molecule is CCn1c(=O)c2[nH]c(C3CCCC3)nc2n2nc(Cc3ccc(OCc4ccccc4)cc3)nc12. The Morgan fingerprint density at radius 2 is 1.77 bits per heavy atom. The second-order valence-electron chi connectivity index (χ2n) is 9.19. The third-order valence-electron chi connectivity index (χ3n) is 6.83. The van der Waals surface area contributed by atoms with Gasteiger partial charge in [0.2, 0.25) is 5.78 Å². The van der Waals surface area contributed by atoms with Crippen molar-refractivity contribution < 1.29 is 4.74 Å². The molecule has 3 heterocycles. The molecule has 0 radical (unpaired) electrons. The van der Waals surface area contributed by atoms with Gasteiger partial charge in [-0.25, -0.2) is 4.98 Å². The minimum atomic E-state index is -0.0920. The molecule has 0 bridgehead atoms. The molecule has 0 spiro atoms. The number of rotatable bonds is 7. The number of imidazole rings is 1. The van der Waals surface area contributed by atoms with Gasteiger partial charge < -0.3 is 9.72 Å². The van der Waals surface area contributed by atoms with Crippen LogP contribution in [0.3, 0.4) is 0 Å². The van der Waals surface area contributed by atoms with E-state index in [0.29, 0.717) is 48.3 Å². The summed E-state index contributed by atoms with van der Waals surface area (Å²) in [6.45, 7) is 3.00. The second kappa shape index (κ2) is 9.02. The molecule has 1 saturated carbocycles. The third-order valence-corrected chi connectivity index (χ3v) is 6.83. The van der Waals surface area contributed by atoms with Crippen LogP contribution in [-0.2, 0) is 19.6 Å². The number of fused-ring (bicyclic) bond motifs is 3. The first-order chi connectivity index (χ1) is 17.2. The number of ether oxygens (including phenoxy) is 1. The van der Waals surface area contributed by atoms with Crippen LogP contribution in [0.1, 0.15) is 61.3 Å². The van der Waals surface area contributed by atoms with E-state index < -0.39 is 0 Å². The van der Waals surface area contributed by atoms with Gasteiger partial charge in [0.1, 0.15) is 18.2 Å². The maximum atomic E-state index is 13.2. The van der Waals surface area contributed by atoms with E-state index in [1.54, 1.807) is 9.08 Å². The van der Waals surface area contributed by atoms with E-state index in [2.05, 4.69) is 4.98 Å². The summed E-state index contributed by atoms with van der Waals surface area (Å²) in [5.41, 5.74) is 3.19. The fraction of sp³-hybridized carbons (Fsp3) is 0.333. The summed E-state index contributed by atoms with van der Waals surface area (Å²) in [5.74, 6) is 3.29. The van der Waals surface area contributed by atoms with Crippen LogP contribution in [0.4, 0.5) is 0 Å². The van der Waals surface area contributed by atoms with Crippen molar-refractivity contribution in [2.45, 2.75) is 58.1 Å². The molecule has 1 aliphatic rings. The van der Waals surface area contributed by atoms with Crippen LogP contribution < -0.4 is 10.3 Å². The minimum Gasteiger partial charge on any atom is -0.489 e. The number of aromatic amines is 1. The zero-order chi connectivity index (χ0) is 23.8. The highest BCUT2D eigenvalue weighted by atomic mass is 16.5. The van der Waals surface area contributed by atoms with Gasteiger partial charge in [-0.2, -0.15) is 9.50 Å². The zero-order valence-corrected chi connectivity index (χ0v) is 19.8. The summed E-state index contributed by atoms with van der Waals surface area (Å²) in [6.07, 6.45) is 5.19. The Kier molecular flexibility index (Phi) is 5.56. The molecule has 35 heavy (non-hydrogen) atoms.